The first kappa shape index (κ1) is 12.7. The minimum Gasteiger partial charge on any atom is -0.545 e. The summed E-state index contributed by atoms with van der Waals surface area (Å²) in [6.45, 7) is 0. The number of hydrogen-bond acceptors (Lipinski definition) is 5. The molecular formula is C15H10NO3S-. The second-order valence-corrected chi connectivity index (χ2v) is 5.15. The van der Waals surface area contributed by atoms with Crippen LogP contribution in [0.5, 0.6) is 0 Å². The van der Waals surface area contributed by atoms with Crippen molar-refractivity contribution in [2.45, 2.75) is 11.0 Å². The van der Waals surface area contributed by atoms with E-state index in [1.807, 2.05) is 30.3 Å². The number of aromatic carboxylic acids is 1. The molecule has 0 radical (unpaired) electrons. The third-order valence-corrected chi connectivity index (χ3v) is 3.70. The molecule has 0 saturated heterocycles. The molecular weight excluding hydrogens is 274 g/mol. The lowest BCUT2D eigenvalue weighted by atomic mass is 10.1. The van der Waals surface area contributed by atoms with Crippen molar-refractivity contribution in [3.8, 4) is 0 Å². The average Bonchev–Trinajstić information content (AvgIpc) is 2.88. The van der Waals surface area contributed by atoms with Crippen molar-refractivity contribution in [2.75, 3.05) is 0 Å². The lowest BCUT2D eigenvalue weighted by molar-refractivity contribution is -0.255. The van der Waals surface area contributed by atoms with Gasteiger partial charge in [-0.05, 0) is 29.3 Å². The standard InChI is InChI=1S/C15H11NO3S/c17-14(18)11-5-3-4-10(8-11)9-20-15-16-12-6-1-2-7-13(12)19-15/h1-8H,9H2,(H,17,18)/p-1. The summed E-state index contributed by atoms with van der Waals surface area (Å²) in [6, 6.07) is 14.2. The molecule has 0 fully saturated rings. The van der Waals surface area contributed by atoms with Crippen molar-refractivity contribution in [1.82, 2.24) is 4.98 Å². The highest BCUT2D eigenvalue weighted by molar-refractivity contribution is 7.98. The Morgan fingerprint density at radius 3 is 2.85 bits per heavy atom. The number of thioether (sulfide) groups is 1. The molecule has 100 valence electrons. The van der Waals surface area contributed by atoms with Gasteiger partial charge < -0.3 is 14.3 Å². The van der Waals surface area contributed by atoms with E-state index in [0.29, 0.717) is 11.0 Å². The quantitative estimate of drug-likeness (QED) is 0.689. The Morgan fingerprint density at radius 2 is 2.05 bits per heavy atom. The molecule has 20 heavy (non-hydrogen) atoms. The molecule has 0 N–H and O–H groups in total. The van der Waals surface area contributed by atoms with Gasteiger partial charge in [0.05, 0.1) is 5.97 Å². The van der Waals surface area contributed by atoms with E-state index in [2.05, 4.69) is 4.98 Å². The van der Waals surface area contributed by atoms with Gasteiger partial charge in [-0.2, -0.15) is 0 Å². The summed E-state index contributed by atoms with van der Waals surface area (Å²) < 4.78 is 5.59. The van der Waals surface area contributed by atoms with E-state index in [1.165, 1.54) is 17.8 Å². The first-order valence-corrected chi connectivity index (χ1v) is 6.99. The highest BCUT2D eigenvalue weighted by Crippen LogP contribution is 2.26. The van der Waals surface area contributed by atoms with Crippen molar-refractivity contribution < 1.29 is 14.3 Å². The van der Waals surface area contributed by atoms with Crippen LogP contribution in [-0.2, 0) is 5.75 Å². The maximum absolute atomic E-state index is 10.8. The molecule has 2 aromatic carbocycles. The number of rotatable bonds is 4. The van der Waals surface area contributed by atoms with Crippen molar-refractivity contribution in [3.05, 3.63) is 59.7 Å². The molecule has 0 atom stereocenters. The van der Waals surface area contributed by atoms with Crippen LogP contribution in [0.4, 0.5) is 0 Å². The molecule has 4 nitrogen and oxygen atoms in total. The van der Waals surface area contributed by atoms with Crippen LogP contribution in [-0.4, -0.2) is 11.0 Å². The molecule has 0 amide bonds. The third-order valence-electron chi connectivity index (χ3n) is 2.80. The fraction of sp³-hybridized carbons (Fsp3) is 0.0667. The Hall–Kier alpha value is -2.27. The number of para-hydroxylation sites is 2. The van der Waals surface area contributed by atoms with Crippen LogP contribution >= 0.6 is 11.8 Å². The molecule has 0 aliphatic rings. The van der Waals surface area contributed by atoms with Gasteiger partial charge in [0.25, 0.3) is 5.22 Å². The molecule has 3 rings (SSSR count). The predicted molar refractivity (Wildman–Crippen MR) is 74.3 cm³/mol. The SMILES string of the molecule is O=C([O-])c1cccc(CSc2nc3ccccc3o2)c1. The zero-order valence-corrected chi connectivity index (χ0v) is 11.2. The summed E-state index contributed by atoms with van der Waals surface area (Å²) in [5.41, 5.74) is 2.64. The van der Waals surface area contributed by atoms with Gasteiger partial charge in [-0.15, -0.1) is 0 Å². The van der Waals surface area contributed by atoms with Crippen LogP contribution in [0.2, 0.25) is 0 Å². The van der Waals surface area contributed by atoms with Crippen LogP contribution in [0.25, 0.3) is 11.1 Å². The molecule has 5 heteroatoms. The Kier molecular flexibility index (Phi) is 3.43. The first-order chi connectivity index (χ1) is 9.72. The molecule has 0 saturated carbocycles. The Labute approximate surface area is 119 Å². The Balaban J connectivity index is 1.75. The third kappa shape index (κ3) is 2.67. The highest BCUT2D eigenvalue weighted by atomic mass is 32.2. The molecule has 0 aliphatic heterocycles. The van der Waals surface area contributed by atoms with E-state index >= 15 is 0 Å². The molecule has 3 aromatic rings. The lowest BCUT2D eigenvalue weighted by Gasteiger charge is -2.04. The van der Waals surface area contributed by atoms with E-state index in [-0.39, 0.29) is 5.56 Å². The average molecular weight is 284 g/mol. The monoisotopic (exact) mass is 284 g/mol. The fourth-order valence-corrected chi connectivity index (χ4v) is 2.63. The topological polar surface area (TPSA) is 66.2 Å². The number of fused-ring (bicyclic) bond motifs is 1. The van der Waals surface area contributed by atoms with Gasteiger partial charge in [-0.1, -0.05) is 42.1 Å². The summed E-state index contributed by atoms with van der Waals surface area (Å²) in [5.74, 6) is -0.577. The number of carbonyl (C=O) groups is 1. The smallest absolute Gasteiger partial charge is 0.257 e. The summed E-state index contributed by atoms with van der Waals surface area (Å²) in [7, 11) is 0. The number of aromatic nitrogens is 1. The first-order valence-electron chi connectivity index (χ1n) is 6.01. The van der Waals surface area contributed by atoms with Crippen LogP contribution in [0.1, 0.15) is 15.9 Å². The molecule has 0 unspecified atom stereocenters. The number of carboxylic acid groups (broad SMARTS) is 1. The van der Waals surface area contributed by atoms with Crippen molar-refractivity contribution in [1.29, 1.82) is 0 Å². The lowest BCUT2D eigenvalue weighted by Crippen LogP contribution is -2.22. The normalized spacial score (nSPS) is 10.8. The number of benzene rings is 2. The van der Waals surface area contributed by atoms with Crippen molar-refractivity contribution in [3.63, 3.8) is 0 Å². The minimum absolute atomic E-state index is 0.181. The molecule has 1 aromatic heterocycles. The Bertz CT molecular complexity index is 733. The second kappa shape index (κ2) is 5.38. The van der Waals surface area contributed by atoms with E-state index in [9.17, 15) is 9.90 Å². The number of carboxylic acids is 1. The van der Waals surface area contributed by atoms with Gasteiger partial charge in [0.15, 0.2) is 5.58 Å². The zero-order valence-electron chi connectivity index (χ0n) is 10.4. The van der Waals surface area contributed by atoms with Crippen LogP contribution in [0.15, 0.2) is 58.2 Å². The number of carbonyl (C=O) groups excluding carboxylic acids is 1. The largest absolute Gasteiger partial charge is 0.545 e. The van der Waals surface area contributed by atoms with Crippen LogP contribution in [0.3, 0.4) is 0 Å². The van der Waals surface area contributed by atoms with Crippen molar-refractivity contribution in [2.24, 2.45) is 0 Å². The summed E-state index contributed by atoms with van der Waals surface area (Å²) in [6.07, 6.45) is 0. The maximum Gasteiger partial charge on any atom is 0.257 e. The number of nitrogens with zero attached hydrogens (tertiary/aromatic N) is 1. The maximum atomic E-state index is 10.8. The number of hydrogen-bond donors (Lipinski definition) is 0. The van der Waals surface area contributed by atoms with Gasteiger partial charge in [0, 0.05) is 5.75 Å². The van der Waals surface area contributed by atoms with Crippen LogP contribution in [0, 0.1) is 0 Å². The molecule has 0 bridgehead atoms. The number of oxazole rings is 1. The van der Waals surface area contributed by atoms with E-state index in [0.717, 1.165) is 16.7 Å². The molecule has 1 heterocycles. The second-order valence-electron chi connectivity index (χ2n) is 4.22. The van der Waals surface area contributed by atoms with E-state index < -0.39 is 5.97 Å². The van der Waals surface area contributed by atoms with Gasteiger partial charge >= 0.3 is 0 Å². The van der Waals surface area contributed by atoms with Gasteiger partial charge in [-0.25, -0.2) is 4.98 Å². The minimum atomic E-state index is -1.17. The van der Waals surface area contributed by atoms with Gasteiger partial charge in [0.1, 0.15) is 5.52 Å². The summed E-state index contributed by atoms with van der Waals surface area (Å²) >= 11 is 1.43. The zero-order chi connectivity index (χ0) is 13.9. The van der Waals surface area contributed by atoms with Crippen molar-refractivity contribution >= 4 is 28.8 Å². The molecule has 0 aliphatic carbocycles. The highest BCUT2D eigenvalue weighted by Gasteiger charge is 2.06. The summed E-state index contributed by atoms with van der Waals surface area (Å²) in [5, 5.41) is 11.4. The summed E-state index contributed by atoms with van der Waals surface area (Å²) in [4.78, 5) is 15.1. The Morgan fingerprint density at radius 1 is 1.20 bits per heavy atom. The molecule has 0 spiro atoms. The van der Waals surface area contributed by atoms with Gasteiger partial charge in [0.2, 0.25) is 0 Å². The van der Waals surface area contributed by atoms with Gasteiger partial charge in [-0.3, -0.25) is 0 Å². The van der Waals surface area contributed by atoms with E-state index in [4.69, 9.17) is 4.42 Å². The fourth-order valence-electron chi connectivity index (χ4n) is 1.85. The van der Waals surface area contributed by atoms with E-state index in [1.54, 1.807) is 12.1 Å². The predicted octanol–water partition coefficient (Wildman–Crippen LogP) is 2.48. The van der Waals surface area contributed by atoms with Crippen LogP contribution < -0.4 is 5.11 Å².